The zero-order valence-corrected chi connectivity index (χ0v) is 16.0. The minimum Gasteiger partial charge on any atom is -0.366 e. The average molecular weight is 391 g/mol. The first-order valence-electron chi connectivity index (χ1n) is 9.66. The van der Waals surface area contributed by atoms with Crippen LogP contribution in [0.2, 0.25) is 0 Å². The van der Waals surface area contributed by atoms with Gasteiger partial charge in [0.05, 0.1) is 12.2 Å². The normalized spacial score (nSPS) is 14.1. The summed E-state index contributed by atoms with van der Waals surface area (Å²) in [7, 11) is 0. The van der Waals surface area contributed by atoms with E-state index < -0.39 is 0 Å². The van der Waals surface area contributed by atoms with Crippen LogP contribution in [-0.2, 0) is 4.79 Å². The van der Waals surface area contributed by atoms with Gasteiger partial charge in [0.1, 0.15) is 5.82 Å². The predicted molar refractivity (Wildman–Crippen MR) is 111 cm³/mol. The molecule has 0 bridgehead atoms. The number of carbonyl (C=O) groups is 2. The molecule has 4 rings (SSSR count). The number of fused-ring (bicyclic) bond motifs is 1. The molecule has 1 aliphatic rings. The Morgan fingerprint density at radius 2 is 1.55 bits per heavy atom. The number of nitrogens with zero attached hydrogens (tertiary/aromatic N) is 2. The van der Waals surface area contributed by atoms with Crippen LogP contribution in [0, 0.1) is 5.82 Å². The molecule has 0 aliphatic carbocycles. The smallest absolute Gasteiger partial charge is 0.251 e. The Labute approximate surface area is 168 Å². The summed E-state index contributed by atoms with van der Waals surface area (Å²) in [6, 6.07) is 19.9. The topological polar surface area (TPSA) is 52.7 Å². The van der Waals surface area contributed by atoms with Crippen molar-refractivity contribution in [2.24, 2.45) is 0 Å². The minimum atomic E-state index is -0.269. The quantitative estimate of drug-likeness (QED) is 0.744. The van der Waals surface area contributed by atoms with Crippen molar-refractivity contribution in [1.82, 2.24) is 10.2 Å². The van der Waals surface area contributed by atoms with Crippen molar-refractivity contribution in [2.75, 3.05) is 37.6 Å². The molecule has 0 atom stereocenters. The molecule has 1 heterocycles. The van der Waals surface area contributed by atoms with Crippen molar-refractivity contribution in [1.29, 1.82) is 0 Å². The predicted octanol–water partition coefficient (Wildman–Crippen LogP) is 3.06. The van der Waals surface area contributed by atoms with E-state index in [1.165, 1.54) is 6.07 Å². The summed E-state index contributed by atoms with van der Waals surface area (Å²) in [6.45, 7) is 2.07. The number of carbonyl (C=O) groups excluding carboxylic acids is 2. The molecule has 3 aromatic rings. The minimum absolute atomic E-state index is 0.0502. The summed E-state index contributed by atoms with van der Waals surface area (Å²) in [5, 5.41) is 4.75. The van der Waals surface area contributed by atoms with Crippen molar-refractivity contribution >= 4 is 28.3 Å². The van der Waals surface area contributed by atoms with Crippen LogP contribution in [0.3, 0.4) is 0 Å². The Bertz CT molecular complexity index is 1040. The fourth-order valence-electron chi connectivity index (χ4n) is 3.61. The molecule has 29 heavy (non-hydrogen) atoms. The van der Waals surface area contributed by atoms with Gasteiger partial charge in [-0.2, -0.15) is 0 Å². The number of benzene rings is 3. The molecule has 0 saturated carbocycles. The van der Waals surface area contributed by atoms with Crippen LogP contribution in [0.1, 0.15) is 10.4 Å². The van der Waals surface area contributed by atoms with Crippen molar-refractivity contribution in [3.05, 3.63) is 78.1 Å². The van der Waals surface area contributed by atoms with E-state index in [1.54, 1.807) is 29.2 Å². The van der Waals surface area contributed by atoms with Crippen LogP contribution < -0.4 is 10.2 Å². The maximum atomic E-state index is 13.9. The lowest BCUT2D eigenvalue weighted by Crippen LogP contribution is -2.51. The molecule has 5 nitrogen and oxygen atoms in total. The Morgan fingerprint density at radius 1 is 0.862 bits per heavy atom. The zero-order chi connectivity index (χ0) is 20.2. The Hall–Kier alpha value is -3.41. The fraction of sp³-hybridized carbons (Fsp3) is 0.217. The molecule has 1 fully saturated rings. The highest BCUT2D eigenvalue weighted by atomic mass is 19.1. The molecule has 1 N–H and O–H groups in total. The van der Waals surface area contributed by atoms with Crippen LogP contribution in [0.25, 0.3) is 10.8 Å². The Balaban J connectivity index is 1.30. The summed E-state index contributed by atoms with van der Waals surface area (Å²) in [5.74, 6) is -0.656. The van der Waals surface area contributed by atoms with Gasteiger partial charge in [0, 0.05) is 31.7 Å². The first-order chi connectivity index (χ1) is 14.1. The van der Waals surface area contributed by atoms with Gasteiger partial charge in [0.15, 0.2) is 0 Å². The van der Waals surface area contributed by atoms with Gasteiger partial charge in [0.2, 0.25) is 5.91 Å². The number of nitrogens with one attached hydrogen (secondary N) is 1. The molecule has 0 radical (unpaired) electrons. The number of amides is 2. The van der Waals surface area contributed by atoms with E-state index in [2.05, 4.69) is 5.32 Å². The number of hydrogen-bond acceptors (Lipinski definition) is 3. The molecule has 148 valence electrons. The van der Waals surface area contributed by atoms with Gasteiger partial charge in [-0.05, 0) is 35.0 Å². The molecule has 6 heteroatoms. The maximum absolute atomic E-state index is 13.9. The molecular formula is C23H22FN3O2. The number of para-hydroxylation sites is 1. The summed E-state index contributed by atoms with van der Waals surface area (Å²) in [5.41, 5.74) is 1.09. The van der Waals surface area contributed by atoms with Gasteiger partial charge < -0.3 is 15.1 Å². The van der Waals surface area contributed by atoms with Gasteiger partial charge in [-0.15, -0.1) is 0 Å². The summed E-state index contributed by atoms with van der Waals surface area (Å²) in [4.78, 5) is 28.5. The molecule has 2 amide bonds. The Morgan fingerprint density at radius 3 is 2.31 bits per heavy atom. The number of piperazine rings is 1. The monoisotopic (exact) mass is 391 g/mol. The number of hydrogen-bond donors (Lipinski definition) is 1. The number of anilines is 1. The van der Waals surface area contributed by atoms with E-state index in [0.29, 0.717) is 37.4 Å². The van der Waals surface area contributed by atoms with Crippen molar-refractivity contribution < 1.29 is 14.0 Å². The molecule has 1 aliphatic heterocycles. The van der Waals surface area contributed by atoms with Crippen molar-refractivity contribution in [3.63, 3.8) is 0 Å². The third-order valence-corrected chi connectivity index (χ3v) is 5.24. The van der Waals surface area contributed by atoms with E-state index in [-0.39, 0.29) is 24.2 Å². The van der Waals surface area contributed by atoms with Crippen LogP contribution in [0.15, 0.2) is 66.7 Å². The Kier molecular flexibility index (Phi) is 5.42. The van der Waals surface area contributed by atoms with E-state index in [4.69, 9.17) is 0 Å². The third kappa shape index (κ3) is 4.21. The van der Waals surface area contributed by atoms with Crippen molar-refractivity contribution in [2.45, 2.75) is 0 Å². The van der Waals surface area contributed by atoms with E-state index >= 15 is 0 Å². The van der Waals surface area contributed by atoms with E-state index in [0.717, 1.165) is 10.8 Å². The third-order valence-electron chi connectivity index (χ3n) is 5.24. The molecule has 1 saturated heterocycles. The number of halogens is 1. The largest absolute Gasteiger partial charge is 0.366 e. The van der Waals surface area contributed by atoms with Gasteiger partial charge in [-0.25, -0.2) is 4.39 Å². The fourth-order valence-corrected chi connectivity index (χ4v) is 3.61. The lowest BCUT2D eigenvalue weighted by molar-refractivity contribution is -0.130. The van der Waals surface area contributed by atoms with E-state index in [9.17, 15) is 14.0 Å². The molecule has 3 aromatic carbocycles. The van der Waals surface area contributed by atoms with E-state index in [1.807, 2.05) is 41.3 Å². The first kappa shape index (κ1) is 18.9. The standard InChI is InChI=1S/C23H22FN3O2/c24-20-7-3-4-8-21(20)26-11-13-27(14-12-26)22(28)16-25-23(29)19-10-9-17-5-1-2-6-18(17)15-19/h1-10,15H,11-14,16H2,(H,25,29). The lowest BCUT2D eigenvalue weighted by Gasteiger charge is -2.36. The molecular weight excluding hydrogens is 369 g/mol. The SMILES string of the molecule is O=C(NCC(=O)N1CCN(c2ccccc2F)CC1)c1ccc2ccccc2c1. The highest BCUT2D eigenvalue weighted by molar-refractivity contribution is 6.00. The second kappa shape index (κ2) is 8.31. The second-order valence-electron chi connectivity index (χ2n) is 7.06. The van der Waals surface area contributed by atoms with Gasteiger partial charge >= 0.3 is 0 Å². The van der Waals surface area contributed by atoms with Gasteiger partial charge in [-0.3, -0.25) is 9.59 Å². The summed E-state index contributed by atoms with van der Waals surface area (Å²) >= 11 is 0. The highest BCUT2D eigenvalue weighted by Crippen LogP contribution is 2.20. The van der Waals surface area contributed by atoms with Crippen LogP contribution >= 0.6 is 0 Å². The lowest BCUT2D eigenvalue weighted by atomic mass is 10.1. The van der Waals surface area contributed by atoms with Crippen LogP contribution in [-0.4, -0.2) is 49.4 Å². The molecule has 0 aromatic heterocycles. The highest BCUT2D eigenvalue weighted by Gasteiger charge is 2.23. The average Bonchev–Trinajstić information content (AvgIpc) is 2.77. The first-order valence-corrected chi connectivity index (χ1v) is 9.66. The zero-order valence-electron chi connectivity index (χ0n) is 16.0. The molecule has 0 spiro atoms. The number of rotatable bonds is 4. The summed E-state index contributed by atoms with van der Waals surface area (Å²) < 4.78 is 13.9. The van der Waals surface area contributed by atoms with Crippen LogP contribution in [0.5, 0.6) is 0 Å². The van der Waals surface area contributed by atoms with Crippen LogP contribution in [0.4, 0.5) is 10.1 Å². The maximum Gasteiger partial charge on any atom is 0.251 e. The van der Waals surface area contributed by atoms with Crippen molar-refractivity contribution in [3.8, 4) is 0 Å². The molecule has 0 unspecified atom stereocenters. The summed E-state index contributed by atoms with van der Waals surface area (Å²) in [6.07, 6.45) is 0. The second-order valence-corrected chi connectivity index (χ2v) is 7.06. The van der Waals surface area contributed by atoms with Gasteiger partial charge in [0.25, 0.3) is 5.91 Å². The van der Waals surface area contributed by atoms with Gasteiger partial charge in [-0.1, -0.05) is 42.5 Å².